The average molecular weight is 324 g/mol. The second-order valence-corrected chi connectivity index (χ2v) is 5.51. The van der Waals surface area contributed by atoms with E-state index in [4.69, 9.17) is 23.2 Å². The van der Waals surface area contributed by atoms with Crippen molar-refractivity contribution in [1.82, 2.24) is 0 Å². The number of halogens is 2. The molecular weight excluding hydrogens is 309 g/mol. The lowest BCUT2D eigenvalue weighted by Crippen LogP contribution is -2.11. The Bertz CT molecular complexity index is 630. The Hall–Kier alpha value is -1.71. The van der Waals surface area contributed by atoms with Gasteiger partial charge in [-0.15, -0.1) is 0 Å². The maximum atomic E-state index is 11.9. The zero-order chi connectivity index (χ0) is 15.2. The molecule has 0 aliphatic rings. The number of nitrogens with one attached hydrogen (secondary N) is 1. The summed E-state index contributed by atoms with van der Waals surface area (Å²) in [6.07, 6.45) is 1.92. The van der Waals surface area contributed by atoms with E-state index in [1.807, 2.05) is 30.3 Å². The number of phenols is 1. The molecule has 2 aromatic rings. The number of anilines is 1. The molecule has 21 heavy (non-hydrogen) atoms. The van der Waals surface area contributed by atoms with E-state index in [0.29, 0.717) is 11.4 Å². The van der Waals surface area contributed by atoms with E-state index >= 15 is 0 Å². The van der Waals surface area contributed by atoms with Crippen LogP contribution >= 0.6 is 23.2 Å². The van der Waals surface area contributed by atoms with Crippen LogP contribution < -0.4 is 5.32 Å². The highest BCUT2D eigenvalue weighted by atomic mass is 35.5. The van der Waals surface area contributed by atoms with E-state index in [2.05, 4.69) is 5.32 Å². The second kappa shape index (κ2) is 7.34. The average Bonchev–Trinajstić information content (AvgIpc) is 2.45. The Morgan fingerprint density at radius 3 is 2.57 bits per heavy atom. The van der Waals surface area contributed by atoms with Crippen LogP contribution in [0.1, 0.15) is 18.4 Å². The van der Waals surface area contributed by atoms with E-state index in [0.717, 1.165) is 12.8 Å². The third-order valence-electron chi connectivity index (χ3n) is 3.01. The van der Waals surface area contributed by atoms with Crippen molar-refractivity contribution < 1.29 is 9.90 Å². The minimum atomic E-state index is -0.181. The number of rotatable bonds is 5. The van der Waals surface area contributed by atoms with Gasteiger partial charge in [0.15, 0.2) is 5.75 Å². The van der Waals surface area contributed by atoms with Crippen LogP contribution in [-0.4, -0.2) is 11.0 Å². The molecule has 0 heterocycles. The van der Waals surface area contributed by atoms with Gasteiger partial charge in [0.05, 0.1) is 10.7 Å². The van der Waals surface area contributed by atoms with Crippen LogP contribution in [0.4, 0.5) is 5.69 Å². The summed E-state index contributed by atoms with van der Waals surface area (Å²) in [7, 11) is 0. The summed E-state index contributed by atoms with van der Waals surface area (Å²) >= 11 is 11.6. The Kier molecular flexibility index (Phi) is 5.48. The monoisotopic (exact) mass is 323 g/mol. The minimum absolute atomic E-state index is 0.113. The number of phenolic OH excluding ortho intramolecular Hbond substituents is 1. The highest BCUT2D eigenvalue weighted by Gasteiger charge is 2.11. The summed E-state index contributed by atoms with van der Waals surface area (Å²) in [6.45, 7) is 0. The van der Waals surface area contributed by atoms with E-state index in [1.54, 1.807) is 0 Å². The predicted molar refractivity (Wildman–Crippen MR) is 86.1 cm³/mol. The number of carbonyl (C=O) groups is 1. The molecule has 0 aromatic heterocycles. The first kappa shape index (κ1) is 15.7. The number of hydrogen-bond donors (Lipinski definition) is 2. The normalized spacial score (nSPS) is 10.4. The van der Waals surface area contributed by atoms with E-state index < -0.39 is 0 Å². The third-order valence-corrected chi connectivity index (χ3v) is 3.52. The first-order valence-corrected chi connectivity index (χ1v) is 7.33. The minimum Gasteiger partial charge on any atom is -0.504 e. The van der Waals surface area contributed by atoms with Crippen LogP contribution in [0.2, 0.25) is 10.0 Å². The molecule has 0 spiro atoms. The molecular formula is C16H15Cl2NO2. The van der Waals surface area contributed by atoms with Gasteiger partial charge >= 0.3 is 0 Å². The number of aryl methyl sites for hydroxylation is 1. The molecule has 0 saturated heterocycles. The first-order chi connectivity index (χ1) is 10.1. The van der Waals surface area contributed by atoms with Crippen LogP contribution in [0.3, 0.4) is 0 Å². The van der Waals surface area contributed by atoms with Gasteiger partial charge in [0, 0.05) is 11.4 Å². The van der Waals surface area contributed by atoms with Gasteiger partial charge < -0.3 is 10.4 Å². The van der Waals surface area contributed by atoms with Gasteiger partial charge in [0.25, 0.3) is 0 Å². The molecule has 5 heteroatoms. The van der Waals surface area contributed by atoms with Gasteiger partial charge in [0.2, 0.25) is 5.91 Å². The number of benzene rings is 2. The van der Waals surface area contributed by atoms with Crippen molar-refractivity contribution in [3.63, 3.8) is 0 Å². The summed E-state index contributed by atoms with van der Waals surface area (Å²) in [4.78, 5) is 11.9. The number of aromatic hydroxyl groups is 1. The molecule has 0 unspecified atom stereocenters. The summed E-state index contributed by atoms with van der Waals surface area (Å²) < 4.78 is 0. The molecule has 2 aromatic carbocycles. The van der Waals surface area contributed by atoms with Crippen molar-refractivity contribution >= 4 is 34.8 Å². The molecule has 2 N–H and O–H groups in total. The smallest absolute Gasteiger partial charge is 0.224 e. The maximum absolute atomic E-state index is 11.9. The molecule has 0 fully saturated rings. The summed E-state index contributed by atoms with van der Waals surface area (Å²) in [5.41, 5.74) is 1.43. The van der Waals surface area contributed by atoms with Gasteiger partial charge in [0.1, 0.15) is 0 Å². The van der Waals surface area contributed by atoms with Crippen LogP contribution in [0, 0.1) is 0 Å². The molecule has 0 aliphatic heterocycles. The van der Waals surface area contributed by atoms with Crippen LogP contribution in [0.15, 0.2) is 42.5 Å². The topological polar surface area (TPSA) is 49.3 Å². The number of hydrogen-bond acceptors (Lipinski definition) is 2. The third kappa shape index (κ3) is 4.66. The van der Waals surface area contributed by atoms with Crippen LogP contribution in [0.25, 0.3) is 0 Å². The first-order valence-electron chi connectivity index (χ1n) is 6.58. The fraction of sp³-hybridized carbons (Fsp3) is 0.188. The lowest BCUT2D eigenvalue weighted by Gasteiger charge is -2.09. The highest BCUT2D eigenvalue weighted by Crippen LogP contribution is 2.35. The van der Waals surface area contributed by atoms with Crippen molar-refractivity contribution in [2.45, 2.75) is 19.3 Å². The van der Waals surface area contributed by atoms with Gasteiger partial charge in [-0.05, 0) is 30.5 Å². The maximum Gasteiger partial charge on any atom is 0.224 e. The zero-order valence-electron chi connectivity index (χ0n) is 11.3. The molecule has 0 radical (unpaired) electrons. The van der Waals surface area contributed by atoms with E-state index in [9.17, 15) is 9.90 Å². The van der Waals surface area contributed by atoms with Gasteiger partial charge in [-0.3, -0.25) is 4.79 Å². The summed E-state index contributed by atoms with van der Waals surface area (Å²) in [5, 5.41) is 12.9. The molecule has 1 amide bonds. The summed E-state index contributed by atoms with van der Waals surface area (Å²) in [6, 6.07) is 12.9. The second-order valence-electron chi connectivity index (χ2n) is 4.67. The Morgan fingerprint density at radius 1 is 1.14 bits per heavy atom. The number of amides is 1. The van der Waals surface area contributed by atoms with Gasteiger partial charge in [-0.2, -0.15) is 0 Å². The van der Waals surface area contributed by atoms with Crippen molar-refractivity contribution in [2.75, 3.05) is 5.32 Å². The highest BCUT2D eigenvalue weighted by molar-refractivity contribution is 6.36. The van der Waals surface area contributed by atoms with E-state index in [1.165, 1.54) is 17.7 Å². The largest absolute Gasteiger partial charge is 0.504 e. The molecule has 2 rings (SSSR count). The lowest BCUT2D eigenvalue weighted by molar-refractivity contribution is -0.116. The Morgan fingerprint density at radius 2 is 1.86 bits per heavy atom. The van der Waals surface area contributed by atoms with Gasteiger partial charge in [-0.1, -0.05) is 53.5 Å². The van der Waals surface area contributed by atoms with Crippen molar-refractivity contribution in [2.24, 2.45) is 0 Å². The lowest BCUT2D eigenvalue weighted by atomic mass is 10.1. The quantitative estimate of drug-likeness (QED) is 0.786. The molecule has 0 aliphatic carbocycles. The molecule has 3 nitrogen and oxygen atoms in total. The SMILES string of the molecule is O=C(CCCc1ccccc1)Nc1cc(Cl)cc(Cl)c1O. The van der Waals surface area contributed by atoms with E-state index in [-0.39, 0.29) is 22.4 Å². The van der Waals surface area contributed by atoms with Gasteiger partial charge in [-0.25, -0.2) is 0 Å². The molecule has 0 atom stereocenters. The number of carbonyl (C=O) groups excluding carboxylic acids is 1. The Balaban J connectivity index is 1.88. The molecule has 0 saturated carbocycles. The van der Waals surface area contributed by atoms with Crippen molar-refractivity contribution in [3.05, 3.63) is 58.1 Å². The van der Waals surface area contributed by atoms with Crippen molar-refractivity contribution in [3.8, 4) is 5.75 Å². The molecule has 110 valence electrons. The fourth-order valence-electron chi connectivity index (χ4n) is 1.97. The predicted octanol–water partition coefficient (Wildman–Crippen LogP) is 4.66. The van der Waals surface area contributed by atoms with Crippen LogP contribution in [-0.2, 0) is 11.2 Å². The van der Waals surface area contributed by atoms with Crippen molar-refractivity contribution in [1.29, 1.82) is 0 Å². The Labute approximate surface area is 133 Å². The standard InChI is InChI=1S/C16H15Cl2NO2/c17-12-9-13(18)16(21)14(10-12)19-15(20)8-4-7-11-5-2-1-3-6-11/h1-3,5-6,9-10,21H,4,7-8H2,(H,19,20). The van der Waals surface area contributed by atoms with Crippen LogP contribution in [0.5, 0.6) is 5.75 Å². The molecule has 0 bridgehead atoms. The fourth-order valence-corrected chi connectivity index (χ4v) is 2.47. The summed E-state index contributed by atoms with van der Waals surface area (Å²) in [5.74, 6) is -0.350. The zero-order valence-corrected chi connectivity index (χ0v) is 12.8.